The van der Waals surface area contributed by atoms with Crippen LogP contribution in [0.15, 0.2) is 17.5 Å². The molecule has 2 aromatic heterocycles. The van der Waals surface area contributed by atoms with Crippen LogP contribution >= 0.6 is 22.9 Å². The third-order valence-corrected chi connectivity index (χ3v) is 4.34. The van der Waals surface area contributed by atoms with Crippen LogP contribution in [-0.4, -0.2) is 28.3 Å². The van der Waals surface area contributed by atoms with Crippen molar-refractivity contribution in [3.05, 3.63) is 33.9 Å². The summed E-state index contributed by atoms with van der Waals surface area (Å²) in [5.74, 6) is 0.888. The van der Waals surface area contributed by atoms with Gasteiger partial charge < -0.3 is 4.90 Å². The van der Waals surface area contributed by atoms with Crippen LogP contribution < -0.4 is 4.90 Å². The summed E-state index contributed by atoms with van der Waals surface area (Å²) >= 11 is 7.35. The second kappa shape index (κ2) is 9.74. The SMILES string of the molecule is CCCCCCCN(CCc1cs[c]n1)c1ccc(Cl)nn1. The summed E-state index contributed by atoms with van der Waals surface area (Å²) in [5, 5.41) is 10.6. The van der Waals surface area contributed by atoms with Crippen molar-refractivity contribution in [2.75, 3.05) is 18.0 Å². The van der Waals surface area contributed by atoms with Gasteiger partial charge in [-0.05, 0) is 18.6 Å². The summed E-state index contributed by atoms with van der Waals surface area (Å²) in [4.78, 5) is 6.50. The maximum atomic E-state index is 5.83. The summed E-state index contributed by atoms with van der Waals surface area (Å²) in [7, 11) is 0. The highest BCUT2D eigenvalue weighted by molar-refractivity contribution is 7.07. The second-order valence-electron chi connectivity index (χ2n) is 5.30. The molecular weight excluding hydrogens is 316 g/mol. The standard InChI is InChI=1S/C16H22ClN4S/c1-2-3-4-5-6-10-21(11-9-14-12-22-13-18-14)16-8-7-15(17)19-20-16/h7-8,12H,2-6,9-11H2,1H3. The van der Waals surface area contributed by atoms with Gasteiger partial charge in [0.15, 0.2) is 16.5 Å². The molecule has 119 valence electrons. The van der Waals surface area contributed by atoms with Crippen molar-refractivity contribution < 1.29 is 0 Å². The van der Waals surface area contributed by atoms with Crippen LogP contribution in [0, 0.1) is 5.51 Å². The van der Waals surface area contributed by atoms with Crippen LogP contribution in [0.5, 0.6) is 0 Å². The van der Waals surface area contributed by atoms with Gasteiger partial charge in [-0.1, -0.05) is 44.2 Å². The lowest BCUT2D eigenvalue weighted by molar-refractivity contribution is 0.613. The van der Waals surface area contributed by atoms with E-state index in [0.717, 1.165) is 31.0 Å². The van der Waals surface area contributed by atoms with Gasteiger partial charge in [0.25, 0.3) is 0 Å². The highest BCUT2D eigenvalue weighted by Gasteiger charge is 2.09. The maximum absolute atomic E-state index is 5.83. The van der Waals surface area contributed by atoms with E-state index < -0.39 is 0 Å². The second-order valence-corrected chi connectivity index (χ2v) is 6.34. The van der Waals surface area contributed by atoms with E-state index in [1.807, 2.05) is 11.4 Å². The Bertz CT molecular complexity index is 515. The zero-order valence-electron chi connectivity index (χ0n) is 13.0. The molecule has 2 aromatic rings. The van der Waals surface area contributed by atoms with E-state index >= 15 is 0 Å². The van der Waals surface area contributed by atoms with Gasteiger partial charge in [-0.15, -0.1) is 21.5 Å². The summed E-state index contributed by atoms with van der Waals surface area (Å²) in [5.41, 5.74) is 3.98. The van der Waals surface area contributed by atoms with E-state index in [0.29, 0.717) is 5.15 Å². The zero-order valence-corrected chi connectivity index (χ0v) is 14.5. The smallest absolute Gasteiger partial charge is 0.152 e. The molecule has 0 N–H and O–H groups in total. The molecule has 0 aliphatic carbocycles. The molecule has 0 saturated heterocycles. The number of halogens is 1. The molecule has 0 aliphatic heterocycles. The molecule has 0 saturated carbocycles. The topological polar surface area (TPSA) is 41.9 Å². The first-order chi connectivity index (χ1) is 10.8. The normalized spacial score (nSPS) is 10.8. The van der Waals surface area contributed by atoms with Gasteiger partial charge in [0.2, 0.25) is 0 Å². The van der Waals surface area contributed by atoms with Crippen LogP contribution in [0.25, 0.3) is 0 Å². The molecule has 2 rings (SSSR count). The first-order valence-corrected chi connectivity index (χ1v) is 9.10. The number of unbranched alkanes of at least 4 members (excludes halogenated alkanes) is 4. The van der Waals surface area contributed by atoms with Gasteiger partial charge in [-0.3, -0.25) is 0 Å². The van der Waals surface area contributed by atoms with E-state index in [1.54, 1.807) is 6.07 Å². The summed E-state index contributed by atoms with van der Waals surface area (Å²) in [6.45, 7) is 4.12. The molecule has 0 fully saturated rings. The van der Waals surface area contributed by atoms with Gasteiger partial charge in [0.1, 0.15) is 0 Å². The Morgan fingerprint density at radius 2 is 2.00 bits per heavy atom. The summed E-state index contributed by atoms with van der Waals surface area (Å²) in [6, 6.07) is 3.74. The highest BCUT2D eigenvalue weighted by Crippen LogP contribution is 2.15. The largest absolute Gasteiger partial charge is 0.355 e. The minimum Gasteiger partial charge on any atom is -0.355 e. The van der Waals surface area contributed by atoms with E-state index in [9.17, 15) is 0 Å². The van der Waals surface area contributed by atoms with Gasteiger partial charge in [0.05, 0.1) is 5.69 Å². The molecule has 22 heavy (non-hydrogen) atoms. The van der Waals surface area contributed by atoms with E-state index in [1.165, 1.54) is 43.4 Å². The van der Waals surface area contributed by atoms with Gasteiger partial charge in [0, 0.05) is 24.9 Å². The van der Waals surface area contributed by atoms with Crippen molar-refractivity contribution in [3.8, 4) is 0 Å². The Morgan fingerprint density at radius 1 is 1.14 bits per heavy atom. The molecule has 0 bridgehead atoms. The first kappa shape index (κ1) is 17.2. The molecular formula is C16H22ClN4S. The highest BCUT2D eigenvalue weighted by atomic mass is 35.5. The number of hydrogen-bond acceptors (Lipinski definition) is 5. The van der Waals surface area contributed by atoms with E-state index in [-0.39, 0.29) is 0 Å². The van der Waals surface area contributed by atoms with Gasteiger partial charge in [-0.25, -0.2) is 4.98 Å². The maximum Gasteiger partial charge on any atom is 0.152 e. The Morgan fingerprint density at radius 3 is 2.68 bits per heavy atom. The Kier molecular flexibility index (Phi) is 7.60. The van der Waals surface area contributed by atoms with Crippen LogP contribution in [0.2, 0.25) is 5.15 Å². The molecule has 0 aromatic carbocycles. The van der Waals surface area contributed by atoms with Crippen LogP contribution in [0.3, 0.4) is 0 Å². The van der Waals surface area contributed by atoms with Crippen LogP contribution in [-0.2, 0) is 6.42 Å². The molecule has 0 atom stereocenters. The fourth-order valence-corrected chi connectivity index (χ4v) is 2.92. The number of rotatable bonds is 10. The minimum atomic E-state index is 0.431. The number of anilines is 1. The lowest BCUT2D eigenvalue weighted by atomic mass is 10.1. The Hall–Kier alpha value is -1.20. The third kappa shape index (κ3) is 5.89. The molecule has 4 nitrogen and oxygen atoms in total. The fourth-order valence-electron chi connectivity index (χ4n) is 2.29. The fraction of sp³-hybridized carbons (Fsp3) is 0.562. The van der Waals surface area contributed by atoms with Crippen LogP contribution in [0.4, 0.5) is 5.82 Å². The lowest BCUT2D eigenvalue weighted by Crippen LogP contribution is -2.28. The van der Waals surface area contributed by atoms with Crippen molar-refractivity contribution in [2.45, 2.75) is 45.4 Å². The van der Waals surface area contributed by atoms with E-state index in [2.05, 4.69) is 32.5 Å². The van der Waals surface area contributed by atoms with Crippen molar-refractivity contribution >= 4 is 28.8 Å². The quantitative estimate of drug-likeness (QED) is 0.602. The minimum absolute atomic E-state index is 0.431. The third-order valence-electron chi connectivity index (χ3n) is 3.55. The molecule has 0 unspecified atom stereocenters. The van der Waals surface area contributed by atoms with Crippen molar-refractivity contribution in [1.29, 1.82) is 0 Å². The Balaban J connectivity index is 1.89. The Labute approximate surface area is 141 Å². The molecule has 0 aliphatic rings. The summed E-state index contributed by atoms with van der Waals surface area (Å²) < 4.78 is 0. The lowest BCUT2D eigenvalue weighted by Gasteiger charge is -2.23. The molecule has 0 spiro atoms. The van der Waals surface area contributed by atoms with Crippen LogP contribution in [0.1, 0.15) is 44.7 Å². The predicted molar refractivity (Wildman–Crippen MR) is 92.7 cm³/mol. The monoisotopic (exact) mass is 337 g/mol. The predicted octanol–water partition coefficient (Wildman–Crippen LogP) is 4.41. The van der Waals surface area contributed by atoms with Crippen molar-refractivity contribution in [3.63, 3.8) is 0 Å². The number of aromatic nitrogens is 3. The number of nitrogens with zero attached hydrogens (tertiary/aromatic N) is 4. The number of thiazole rings is 1. The van der Waals surface area contributed by atoms with Gasteiger partial charge >= 0.3 is 0 Å². The summed E-state index contributed by atoms with van der Waals surface area (Å²) in [6.07, 6.45) is 7.22. The van der Waals surface area contributed by atoms with Crippen molar-refractivity contribution in [2.24, 2.45) is 0 Å². The average molecular weight is 338 g/mol. The van der Waals surface area contributed by atoms with Crippen molar-refractivity contribution in [1.82, 2.24) is 15.2 Å². The van der Waals surface area contributed by atoms with E-state index in [4.69, 9.17) is 11.6 Å². The molecule has 2 heterocycles. The molecule has 0 amide bonds. The molecule has 1 radical (unpaired) electrons. The first-order valence-electron chi connectivity index (χ1n) is 7.84. The zero-order chi connectivity index (χ0) is 15.6. The average Bonchev–Trinajstić information content (AvgIpc) is 3.04. The molecule has 6 heteroatoms. The van der Waals surface area contributed by atoms with Gasteiger partial charge in [-0.2, -0.15) is 0 Å². The number of hydrogen-bond donors (Lipinski definition) is 0.